The van der Waals surface area contributed by atoms with E-state index in [0.29, 0.717) is 5.92 Å². The zero-order valence-corrected chi connectivity index (χ0v) is 39.4. The van der Waals surface area contributed by atoms with Gasteiger partial charge in [-0.05, 0) is 78.2 Å². The van der Waals surface area contributed by atoms with Crippen molar-refractivity contribution in [2.24, 2.45) is 0 Å². The molecule has 10 nitrogen and oxygen atoms in total. The molecule has 3 heterocycles. The summed E-state index contributed by atoms with van der Waals surface area (Å²) >= 11 is 0. The fraction of sp³-hybridized carbons (Fsp3) is 0.660. The molecule has 5 rings (SSSR count). The molecule has 3 aliphatic rings. The summed E-state index contributed by atoms with van der Waals surface area (Å²) in [7, 11) is 21.4. The molecule has 0 radical (unpaired) electrons. The first-order valence-electron chi connectivity index (χ1n) is 21.1. The van der Waals surface area contributed by atoms with E-state index in [4.69, 9.17) is 9.47 Å². The van der Waals surface area contributed by atoms with E-state index in [2.05, 4.69) is 207 Å². The topological polar surface area (TPSA) is 43.5 Å². The molecule has 10 heteroatoms. The molecule has 0 amide bonds. The summed E-state index contributed by atoms with van der Waals surface area (Å²) in [6.07, 6.45) is 9.03. The van der Waals surface area contributed by atoms with Gasteiger partial charge in [0.25, 0.3) is 0 Å². The zero-order valence-electron chi connectivity index (χ0n) is 39.4. The van der Waals surface area contributed by atoms with E-state index in [0.717, 1.165) is 73.5 Å². The maximum atomic E-state index is 7.29. The molecular weight excluding hydrogens is 709 g/mol. The highest BCUT2D eigenvalue weighted by Crippen LogP contribution is 2.47. The molecule has 2 aromatic rings. The van der Waals surface area contributed by atoms with Crippen LogP contribution in [0.4, 0.5) is 0 Å². The van der Waals surface area contributed by atoms with Crippen LogP contribution in [0.5, 0.6) is 11.5 Å². The Morgan fingerprint density at radius 1 is 0.719 bits per heavy atom. The Labute approximate surface area is 346 Å². The van der Waals surface area contributed by atoms with Gasteiger partial charge in [-0.2, -0.15) is 0 Å². The second kappa shape index (κ2) is 15.9. The summed E-state index contributed by atoms with van der Waals surface area (Å²) in [6.45, 7) is 23.3. The van der Waals surface area contributed by atoms with Crippen LogP contribution in [0.15, 0.2) is 24.3 Å². The average Bonchev–Trinajstić information content (AvgIpc) is 3.28. The lowest BCUT2D eigenvalue weighted by Crippen LogP contribution is -2.61. The number of guanidine groups is 2. The lowest BCUT2D eigenvalue weighted by Gasteiger charge is -2.33. The first-order chi connectivity index (χ1) is 26.3. The fourth-order valence-corrected chi connectivity index (χ4v) is 9.45. The van der Waals surface area contributed by atoms with Crippen LogP contribution in [0.3, 0.4) is 0 Å². The Bertz CT molecular complexity index is 1920. The third-order valence-electron chi connectivity index (χ3n) is 11.9. The third kappa shape index (κ3) is 8.85. The Morgan fingerprint density at radius 3 is 1.70 bits per heavy atom. The van der Waals surface area contributed by atoms with E-state index in [1.54, 1.807) is 0 Å². The summed E-state index contributed by atoms with van der Waals surface area (Å²) in [4.78, 5) is 9.17. The number of benzene rings is 2. The molecule has 1 fully saturated rings. The van der Waals surface area contributed by atoms with Gasteiger partial charge in [0, 0.05) is 19.4 Å². The van der Waals surface area contributed by atoms with E-state index in [1.807, 2.05) is 0 Å². The minimum absolute atomic E-state index is 0.0107. The fourth-order valence-electron chi connectivity index (χ4n) is 9.45. The molecule has 1 atom stereocenters. The Morgan fingerprint density at radius 2 is 1.23 bits per heavy atom. The van der Waals surface area contributed by atoms with Gasteiger partial charge in [-0.3, -0.25) is 28.8 Å². The number of rotatable bonds is 9. The summed E-state index contributed by atoms with van der Waals surface area (Å²) < 4.78 is 23.6. The number of fused-ring (bicyclic) bond motifs is 2. The van der Waals surface area contributed by atoms with Crippen molar-refractivity contribution in [2.75, 3.05) is 90.1 Å². The summed E-state index contributed by atoms with van der Waals surface area (Å²) in [5.74, 6) is 4.66. The van der Waals surface area contributed by atoms with Gasteiger partial charge >= 0.3 is 18.0 Å². The molecule has 314 valence electrons. The van der Waals surface area contributed by atoms with Gasteiger partial charge in [0.15, 0.2) is 23.9 Å². The van der Waals surface area contributed by atoms with Gasteiger partial charge in [-0.25, -0.2) is 0 Å². The van der Waals surface area contributed by atoms with Crippen molar-refractivity contribution in [1.82, 2.24) is 19.6 Å². The van der Waals surface area contributed by atoms with Crippen molar-refractivity contribution in [3.8, 4) is 11.5 Å². The number of ether oxygens (including phenoxy) is 2. The minimum Gasteiger partial charge on any atom is -0.340 e. The van der Waals surface area contributed by atoms with Crippen LogP contribution in [-0.4, -0.2) is 164 Å². The molecule has 0 N–H and O–H groups in total. The number of hydrogen-bond donors (Lipinski definition) is 0. The van der Waals surface area contributed by atoms with E-state index in [9.17, 15) is 0 Å². The van der Waals surface area contributed by atoms with Crippen LogP contribution < -0.4 is 9.47 Å². The quantitative estimate of drug-likeness (QED) is 0.171. The van der Waals surface area contributed by atoms with Crippen molar-refractivity contribution in [2.45, 2.75) is 116 Å². The van der Waals surface area contributed by atoms with Gasteiger partial charge in [-0.1, -0.05) is 62.8 Å². The van der Waals surface area contributed by atoms with E-state index >= 15 is 0 Å². The van der Waals surface area contributed by atoms with Gasteiger partial charge < -0.3 is 9.47 Å². The smallest absolute Gasteiger partial charge is 0.340 e. The zero-order chi connectivity index (χ0) is 42.6. The third-order valence-corrected chi connectivity index (χ3v) is 11.9. The largest absolute Gasteiger partial charge is 0.704 e. The second-order valence-corrected chi connectivity index (χ2v) is 20.5. The van der Waals surface area contributed by atoms with Crippen LogP contribution in [0.2, 0.25) is 0 Å². The number of nitrogens with zero attached hydrogens (tertiary/aromatic N) is 8. The minimum atomic E-state index is -1.10. The molecule has 3 aliphatic heterocycles. The van der Waals surface area contributed by atoms with E-state index in [1.165, 1.54) is 28.6 Å². The highest BCUT2D eigenvalue weighted by atomic mass is 16.7. The number of aryl methyl sites for hydroxylation is 1. The van der Waals surface area contributed by atoms with Crippen molar-refractivity contribution in [3.63, 3.8) is 0 Å². The monoisotopic (exact) mass is 787 g/mol. The maximum Gasteiger partial charge on any atom is 0.704 e. The van der Waals surface area contributed by atoms with Crippen LogP contribution in [0.1, 0.15) is 120 Å². The maximum absolute atomic E-state index is 7.29. The number of hydrogen-bond acceptors (Lipinski definition) is 2. The SMILES string of the molecule is Cc1cc(C(CCCN(C)C(N(C)C)=[N+](C)C)CCCN(C)C(N(C)C)=[N+](C)C)cc2c1OC13Oc4c(cc(C(C)(C)C)cc4C(C)(C)C)C=[N+]1C(C)(C)C[N+]3=C2. The van der Waals surface area contributed by atoms with E-state index in [-0.39, 0.29) is 16.4 Å². The molecule has 57 heavy (non-hydrogen) atoms. The van der Waals surface area contributed by atoms with Gasteiger partial charge in [0.05, 0.1) is 94.7 Å². The Balaban J connectivity index is 1.52. The van der Waals surface area contributed by atoms with Crippen molar-refractivity contribution >= 4 is 24.3 Å². The summed E-state index contributed by atoms with van der Waals surface area (Å²) in [6, 6.07) is 8.38. The first kappa shape index (κ1) is 44.0. The van der Waals surface area contributed by atoms with Crippen molar-refractivity contribution < 1.29 is 27.8 Å². The average molecular weight is 787 g/mol. The van der Waals surface area contributed by atoms with Crippen molar-refractivity contribution in [1.29, 1.82) is 0 Å². The molecule has 0 bridgehead atoms. The predicted octanol–water partition coefficient (Wildman–Crippen LogP) is 6.23. The summed E-state index contributed by atoms with van der Waals surface area (Å²) in [5.41, 5.74) is 6.98. The van der Waals surface area contributed by atoms with Crippen molar-refractivity contribution in [3.05, 3.63) is 57.6 Å². The van der Waals surface area contributed by atoms with Crippen LogP contribution in [0.25, 0.3) is 0 Å². The predicted molar refractivity (Wildman–Crippen MR) is 237 cm³/mol. The normalized spacial score (nSPS) is 17.9. The standard InChI is InChI=1S/C47H78N8O2/c1-33-26-35(34(22-20-24-52(18)42(48(10)11)49(12)13)23-21-25-53(19)43(50(14)15)51(16)17)27-36-30-54-32-46(8,9)55-31-37-28-38(44(2,3)4)29-39(45(5,6)7)41(37)57-47(54,55)56-40(33)36/h26-31,34H,20-25,32H2,1-19H3/q+4. The second-order valence-electron chi connectivity index (χ2n) is 20.5. The molecule has 1 saturated heterocycles. The molecule has 0 saturated carbocycles. The first-order valence-corrected chi connectivity index (χ1v) is 21.1. The van der Waals surface area contributed by atoms with E-state index < -0.39 is 6.03 Å². The highest BCUT2D eigenvalue weighted by molar-refractivity contribution is 5.85. The molecule has 2 aromatic carbocycles. The van der Waals surface area contributed by atoms with Gasteiger partial charge in [-0.15, -0.1) is 0 Å². The molecule has 1 unspecified atom stereocenters. The molecule has 0 aromatic heterocycles. The molecular formula is C47H78N8O2+4. The van der Waals surface area contributed by atoms with Crippen LogP contribution in [-0.2, 0) is 10.8 Å². The Kier molecular flexibility index (Phi) is 12.3. The van der Waals surface area contributed by atoms with Crippen LogP contribution in [0, 0.1) is 6.92 Å². The molecule has 1 spiro atoms. The van der Waals surface area contributed by atoms with Gasteiger partial charge in [0.1, 0.15) is 0 Å². The molecule has 0 aliphatic carbocycles. The highest BCUT2D eigenvalue weighted by Gasteiger charge is 2.75. The van der Waals surface area contributed by atoms with Crippen LogP contribution >= 0.6 is 0 Å². The Hall–Kier alpha value is -4.08. The summed E-state index contributed by atoms with van der Waals surface area (Å²) in [5, 5.41) is 0. The lowest BCUT2D eigenvalue weighted by molar-refractivity contribution is -0.867. The van der Waals surface area contributed by atoms with Gasteiger partial charge in [0.2, 0.25) is 12.1 Å². The lowest BCUT2D eigenvalue weighted by atomic mass is 9.79.